The van der Waals surface area contributed by atoms with Gasteiger partial charge < -0.3 is 15.4 Å². The summed E-state index contributed by atoms with van der Waals surface area (Å²) in [7, 11) is 1.74. The minimum atomic E-state index is 0.464. The third-order valence-electron chi connectivity index (χ3n) is 3.32. The highest BCUT2D eigenvalue weighted by molar-refractivity contribution is 5.48. The first-order valence-electron chi connectivity index (χ1n) is 7.58. The molecule has 1 aliphatic rings. The summed E-state index contributed by atoms with van der Waals surface area (Å²) < 4.78 is 5.16. The van der Waals surface area contributed by atoms with Crippen LogP contribution in [0.25, 0.3) is 0 Å². The molecule has 0 saturated heterocycles. The van der Waals surface area contributed by atoms with E-state index in [4.69, 9.17) is 4.74 Å². The smallest absolute Gasteiger partial charge is 0.136 e. The van der Waals surface area contributed by atoms with Gasteiger partial charge in [-0.1, -0.05) is 13.8 Å². The van der Waals surface area contributed by atoms with Crippen LogP contribution in [0.2, 0.25) is 0 Å². The van der Waals surface area contributed by atoms with Gasteiger partial charge in [0.25, 0.3) is 0 Å². The second kappa shape index (κ2) is 7.43. The van der Waals surface area contributed by atoms with Gasteiger partial charge in [-0.25, -0.2) is 9.97 Å². The zero-order valence-electron chi connectivity index (χ0n) is 12.8. The number of nitrogens with one attached hydrogen (secondary N) is 2. The van der Waals surface area contributed by atoms with Crippen LogP contribution < -0.4 is 10.6 Å². The highest BCUT2D eigenvalue weighted by Gasteiger charge is 2.27. The van der Waals surface area contributed by atoms with Crippen molar-refractivity contribution < 1.29 is 4.74 Å². The molecule has 0 radical (unpaired) electrons. The first kappa shape index (κ1) is 15.0. The first-order valence-corrected chi connectivity index (χ1v) is 7.58. The lowest BCUT2D eigenvalue weighted by Crippen LogP contribution is -2.17. The van der Waals surface area contributed by atoms with Gasteiger partial charge in [0.2, 0.25) is 0 Å². The lowest BCUT2D eigenvalue weighted by atomic mass is 10.2. The van der Waals surface area contributed by atoms with Crippen LogP contribution in [0.5, 0.6) is 0 Å². The third-order valence-corrected chi connectivity index (χ3v) is 3.32. The van der Waals surface area contributed by atoms with Crippen LogP contribution in [0.15, 0.2) is 6.07 Å². The minimum Gasteiger partial charge on any atom is -0.384 e. The summed E-state index contributed by atoms with van der Waals surface area (Å²) in [6.07, 6.45) is 3.53. The van der Waals surface area contributed by atoms with E-state index in [1.165, 1.54) is 12.8 Å². The van der Waals surface area contributed by atoms with Crippen molar-refractivity contribution in [2.45, 2.75) is 39.0 Å². The van der Waals surface area contributed by atoms with Gasteiger partial charge >= 0.3 is 0 Å². The van der Waals surface area contributed by atoms with Crippen molar-refractivity contribution in [3.05, 3.63) is 11.9 Å². The van der Waals surface area contributed by atoms with E-state index in [2.05, 4.69) is 34.4 Å². The van der Waals surface area contributed by atoms with Gasteiger partial charge in [-0.2, -0.15) is 0 Å². The van der Waals surface area contributed by atoms with Crippen LogP contribution in [-0.4, -0.2) is 36.8 Å². The van der Waals surface area contributed by atoms with Gasteiger partial charge in [-0.15, -0.1) is 0 Å². The second-order valence-corrected chi connectivity index (χ2v) is 5.64. The van der Waals surface area contributed by atoms with Gasteiger partial charge in [-0.05, 0) is 25.2 Å². The molecule has 0 amide bonds. The predicted molar refractivity (Wildman–Crippen MR) is 82.3 cm³/mol. The van der Waals surface area contributed by atoms with Crippen LogP contribution in [0.4, 0.5) is 11.6 Å². The van der Waals surface area contributed by atoms with Crippen LogP contribution in [0.1, 0.15) is 44.9 Å². The first-order chi connectivity index (χ1) is 9.72. The number of hydrogen-bond donors (Lipinski definition) is 2. The molecule has 1 heterocycles. The van der Waals surface area contributed by atoms with Crippen LogP contribution in [0, 0.1) is 5.92 Å². The molecule has 2 N–H and O–H groups in total. The van der Waals surface area contributed by atoms with Crippen molar-refractivity contribution in [1.29, 1.82) is 0 Å². The number of aromatic nitrogens is 2. The van der Waals surface area contributed by atoms with Gasteiger partial charge in [0.05, 0.1) is 6.61 Å². The van der Waals surface area contributed by atoms with Crippen molar-refractivity contribution >= 4 is 11.6 Å². The van der Waals surface area contributed by atoms with Gasteiger partial charge in [-0.3, -0.25) is 0 Å². The summed E-state index contributed by atoms with van der Waals surface area (Å²) in [5, 5.41) is 6.75. The quantitative estimate of drug-likeness (QED) is 0.727. The number of ether oxygens (including phenoxy) is 1. The van der Waals surface area contributed by atoms with E-state index in [0.717, 1.165) is 43.6 Å². The molecule has 1 aliphatic carbocycles. The highest BCUT2D eigenvalue weighted by Crippen LogP contribution is 2.38. The van der Waals surface area contributed by atoms with E-state index in [0.29, 0.717) is 11.8 Å². The average molecular weight is 278 g/mol. The summed E-state index contributed by atoms with van der Waals surface area (Å²) in [6, 6.07) is 2.00. The molecule has 2 rings (SSSR count). The fourth-order valence-corrected chi connectivity index (χ4v) is 2.05. The van der Waals surface area contributed by atoms with Crippen molar-refractivity contribution in [3.63, 3.8) is 0 Å². The van der Waals surface area contributed by atoms with Crippen LogP contribution in [0.3, 0.4) is 0 Å². The molecule has 1 unspecified atom stereocenters. The molecule has 0 spiro atoms. The van der Waals surface area contributed by atoms with Crippen molar-refractivity contribution in [2.75, 3.05) is 37.4 Å². The Morgan fingerprint density at radius 1 is 1.30 bits per heavy atom. The van der Waals surface area contributed by atoms with Crippen LogP contribution >= 0.6 is 0 Å². The molecule has 1 aromatic heterocycles. The van der Waals surface area contributed by atoms with E-state index in [-0.39, 0.29) is 0 Å². The molecule has 0 aromatic carbocycles. The largest absolute Gasteiger partial charge is 0.384 e. The third kappa shape index (κ3) is 4.63. The summed E-state index contributed by atoms with van der Waals surface area (Å²) in [4.78, 5) is 9.24. The summed E-state index contributed by atoms with van der Waals surface area (Å²) in [5.41, 5.74) is 0. The molecule has 5 nitrogen and oxygen atoms in total. The molecular weight excluding hydrogens is 252 g/mol. The normalized spacial score (nSPS) is 15.9. The number of hydrogen-bond acceptors (Lipinski definition) is 5. The van der Waals surface area contributed by atoms with E-state index in [1.807, 2.05) is 6.07 Å². The maximum atomic E-state index is 5.16. The molecule has 0 bridgehead atoms. The van der Waals surface area contributed by atoms with Crippen LogP contribution in [-0.2, 0) is 4.74 Å². The van der Waals surface area contributed by atoms with E-state index >= 15 is 0 Å². The summed E-state index contributed by atoms with van der Waals surface area (Å²) in [5.74, 6) is 3.86. The SMILES string of the molecule is CCCNc1cc(NCC(C)COC)nc(C2CC2)n1. The topological polar surface area (TPSA) is 59.1 Å². The Labute approximate surface area is 121 Å². The molecule has 112 valence electrons. The summed E-state index contributed by atoms with van der Waals surface area (Å²) in [6.45, 7) is 6.88. The van der Waals surface area contributed by atoms with Gasteiger partial charge in [0.1, 0.15) is 17.5 Å². The van der Waals surface area contributed by atoms with Gasteiger partial charge in [0, 0.05) is 32.2 Å². The Morgan fingerprint density at radius 2 is 2.00 bits per heavy atom. The predicted octanol–water partition coefficient (Wildman–Crippen LogP) is 2.87. The lowest BCUT2D eigenvalue weighted by molar-refractivity contribution is 0.164. The molecule has 1 saturated carbocycles. The van der Waals surface area contributed by atoms with Crippen molar-refractivity contribution in [2.24, 2.45) is 5.92 Å². The Morgan fingerprint density at radius 3 is 2.60 bits per heavy atom. The van der Waals surface area contributed by atoms with Gasteiger partial charge in [0.15, 0.2) is 0 Å². The number of anilines is 2. The Hall–Kier alpha value is -1.36. The molecule has 1 fully saturated rings. The molecule has 5 heteroatoms. The summed E-state index contributed by atoms with van der Waals surface area (Å²) >= 11 is 0. The minimum absolute atomic E-state index is 0.464. The zero-order chi connectivity index (χ0) is 14.4. The molecular formula is C15H26N4O. The zero-order valence-corrected chi connectivity index (χ0v) is 12.8. The Balaban J connectivity index is 2.00. The lowest BCUT2D eigenvalue weighted by Gasteiger charge is -2.14. The molecule has 1 atom stereocenters. The highest BCUT2D eigenvalue weighted by atomic mass is 16.5. The fraction of sp³-hybridized carbons (Fsp3) is 0.733. The van der Waals surface area contributed by atoms with E-state index in [9.17, 15) is 0 Å². The molecule has 0 aliphatic heterocycles. The fourth-order valence-electron chi connectivity index (χ4n) is 2.05. The van der Waals surface area contributed by atoms with E-state index in [1.54, 1.807) is 7.11 Å². The van der Waals surface area contributed by atoms with E-state index < -0.39 is 0 Å². The monoisotopic (exact) mass is 278 g/mol. The second-order valence-electron chi connectivity index (χ2n) is 5.64. The van der Waals surface area contributed by atoms with Crippen molar-refractivity contribution in [1.82, 2.24) is 9.97 Å². The molecule has 20 heavy (non-hydrogen) atoms. The molecule has 1 aromatic rings. The average Bonchev–Trinajstić information content (AvgIpc) is 3.28. The number of methoxy groups -OCH3 is 1. The maximum absolute atomic E-state index is 5.16. The maximum Gasteiger partial charge on any atom is 0.136 e. The standard InChI is InChI=1S/C15H26N4O/c1-4-7-16-13-8-14(17-9-11(2)10-20-3)19-15(18-13)12-5-6-12/h8,11-12H,4-7,9-10H2,1-3H3,(H2,16,17,18,19). The Kier molecular flexibility index (Phi) is 5.59. The Bertz CT molecular complexity index is 420. The number of nitrogens with zero attached hydrogens (tertiary/aromatic N) is 2. The van der Waals surface area contributed by atoms with Crippen molar-refractivity contribution in [3.8, 4) is 0 Å². The number of rotatable bonds is 9.